The maximum Gasteiger partial charge on any atom is 0.191 e. The van der Waals surface area contributed by atoms with E-state index in [4.69, 9.17) is 4.99 Å². The van der Waals surface area contributed by atoms with Crippen molar-refractivity contribution in [2.75, 3.05) is 19.6 Å². The van der Waals surface area contributed by atoms with Crippen LogP contribution in [-0.2, 0) is 0 Å². The largest absolute Gasteiger partial charge is 0.357 e. The molecule has 3 rings (SSSR count). The SMILES string of the molecule is CCNC(=NCC1(Sc2ccccc2)CC1)NCC1CC1.I. The van der Waals surface area contributed by atoms with Crippen LogP contribution in [0.25, 0.3) is 0 Å². The van der Waals surface area contributed by atoms with E-state index >= 15 is 0 Å². The Balaban J connectivity index is 0.00000176. The van der Waals surface area contributed by atoms with Crippen molar-refractivity contribution in [2.45, 2.75) is 42.2 Å². The van der Waals surface area contributed by atoms with Crippen molar-refractivity contribution < 1.29 is 0 Å². The van der Waals surface area contributed by atoms with Crippen LogP contribution < -0.4 is 10.6 Å². The average molecular weight is 431 g/mol. The molecule has 0 bridgehead atoms. The zero-order chi connectivity index (χ0) is 14.5. The minimum Gasteiger partial charge on any atom is -0.357 e. The Morgan fingerprint density at radius 1 is 1.23 bits per heavy atom. The maximum atomic E-state index is 4.82. The van der Waals surface area contributed by atoms with Crippen molar-refractivity contribution in [1.82, 2.24) is 10.6 Å². The summed E-state index contributed by atoms with van der Waals surface area (Å²) in [7, 11) is 0. The van der Waals surface area contributed by atoms with E-state index in [0.29, 0.717) is 4.75 Å². The summed E-state index contributed by atoms with van der Waals surface area (Å²) in [6.07, 6.45) is 5.30. The van der Waals surface area contributed by atoms with Gasteiger partial charge in [0.25, 0.3) is 0 Å². The molecule has 0 aromatic heterocycles. The molecule has 0 saturated heterocycles. The van der Waals surface area contributed by atoms with E-state index in [-0.39, 0.29) is 24.0 Å². The van der Waals surface area contributed by atoms with Gasteiger partial charge < -0.3 is 10.6 Å². The van der Waals surface area contributed by atoms with Gasteiger partial charge in [0.15, 0.2) is 5.96 Å². The van der Waals surface area contributed by atoms with Gasteiger partial charge in [0.1, 0.15) is 0 Å². The van der Waals surface area contributed by atoms with Crippen molar-refractivity contribution in [1.29, 1.82) is 0 Å². The lowest BCUT2D eigenvalue weighted by Crippen LogP contribution is -2.38. The van der Waals surface area contributed by atoms with Crippen molar-refractivity contribution in [2.24, 2.45) is 10.9 Å². The second-order valence-corrected chi connectivity index (χ2v) is 7.66. The molecule has 0 unspecified atom stereocenters. The number of halogens is 1. The predicted octanol–water partition coefficient (Wildman–Crippen LogP) is 3.89. The third kappa shape index (κ3) is 5.65. The lowest BCUT2D eigenvalue weighted by atomic mass is 10.4. The minimum absolute atomic E-state index is 0. The number of nitrogens with zero attached hydrogens (tertiary/aromatic N) is 1. The molecule has 0 spiro atoms. The predicted molar refractivity (Wildman–Crippen MR) is 106 cm³/mol. The molecule has 0 atom stereocenters. The van der Waals surface area contributed by atoms with Crippen LogP contribution in [0.5, 0.6) is 0 Å². The normalized spacial score (nSPS) is 19.2. The summed E-state index contributed by atoms with van der Waals surface area (Å²) in [6.45, 7) is 5.03. The molecule has 22 heavy (non-hydrogen) atoms. The molecule has 0 aliphatic heterocycles. The van der Waals surface area contributed by atoms with E-state index in [9.17, 15) is 0 Å². The first kappa shape index (κ1) is 17.9. The topological polar surface area (TPSA) is 36.4 Å². The number of benzene rings is 1. The number of hydrogen-bond donors (Lipinski definition) is 2. The Labute approximate surface area is 155 Å². The third-order valence-corrected chi connectivity index (χ3v) is 5.49. The summed E-state index contributed by atoms with van der Waals surface area (Å²) in [5, 5.41) is 6.84. The van der Waals surface area contributed by atoms with E-state index in [2.05, 4.69) is 47.9 Å². The molecule has 2 aliphatic carbocycles. The Morgan fingerprint density at radius 3 is 2.55 bits per heavy atom. The van der Waals surface area contributed by atoms with Crippen LogP contribution in [0.4, 0.5) is 0 Å². The first-order valence-corrected chi connectivity index (χ1v) is 8.87. The van der Waals surface area contributed by atoms with Crippen LogP contribution in [0.2, 0.25) is 0 Å². The highest BCUT2D eigenvalue weighted by Crippen LogP contribution is 2.51. The number of hydrogen-bond acceptors (Lipinski definition) is 2. The second-order valence-electron chi connectivity index (χ2n) is 6.12. The van der Waals surface area contributed by atoms with Gasteiger partial charge in [-0.1, -0.05) is 18.2 Å². The zero-order valence-corrected chi connectivity index (χ0v) is 16.3. The molecule has 2 fully saturated rings. The molecule has 122 valence electrons. The minimum atomic E-state index is 0. The molecule has 2 N–H and O–H groups in total. The zero-order valence-electron chi connectivity index (χ0n) is 13.2. The van der Waals surface area contributed by atoms with Crippen molar-refractivity contribution in [3.05, 3.63) is 30.3 Å². The molecule has 0 radical (unpaired) electrons. The molecule has 2 aliphatic rings. The fourth-order valence-electron chi connectivity index (χ4n) is 2.30. The van der Waals surface area contributed by atoms with Gasteiger partial charge in [-0.25, -0.2) is 0 Å². The van der Waals surface area contributed by atoms with Gasteiger partial charge in [-0.15, -0.1) is 35.7 Å². The van der Waals surface area contributed by atoms with E-state index in [1.54, 1.807) is 0 Å². The fourth-order valence-corrected chi connectivity index (χ4v) is 3.53. The lowest BCUT2D eigenvalue weighted by molar-refractivity contribution is 0.735. The molecule has 2 saturated carbocycles. The van der Waals surface area contributed by atoms with E-state index < -0.39 is 0 Å². The Kier molecular flexibility index (Phi) is 6.87. The maximum absolute atomic E-state index is 4.82. The van der Waals surface area contributed by atoms with Crippen LogP contribution in [-0.4, -0.2) is 30.3 Å². The van der Waals surface area contributed by atoms with Gasteiger partial charge in [0, 0.05) is 22.7 Å². The number of nitrogens with one attached hydrogen (secondary N) is 2. The smallest absolute Gasteiger partial charge is 0.191 e. The highest BCUT2D eigenvalue weighted by Gasteiger charge is 2.43. The first-order chi connectivity index (χ1) is 10.3. The van der Waals surface area contributed by atoms with Crippen LogP contribution in [0, 0.1) is 5.92 Å². The summed E-state index contributed by atoms with van der Waals surface area (Å²) in [4.78, 5) is 6.18. The standard InChI is InChI=1S/C17H25N3S.HI/c1-2-18-16(19-12-14-8-9-14)20-13-17(10-11-17)21-15-6-4-3-5-7-15;/h3-7,14H,2,8-13H2,1H3,(H2,18,19,20);1H. The third-order valence-electron chi connectivity index (χ3n) is 4.01. The van der Waals surface area contributed by atoms with Crippen LogP contribution in [0.1, 0.15) is 32.6 Å². The average Bonchev–Trinajstić information content (AvgIpc) is 3.40. The van der Waals surface area contributed by atoms with Gasteiger partial charge in [0.05, 0.1) is 6.54 Å². The number of thioether (sulfide) groups is 1. The second kappa shape index (κ2) is 8.43. The lowest BCUT2D eigenvalue weighted by Gasteiger charge is -2.15. The molecule has 0 heterocycles. The Hall–Kier alpha value is -0.430. The van der Waals surface area contributed by atoms with Gasteiger partial charge in [-0.05, 0) is 50.7 Å². The number of aliphatic imine (C=N–C) groups is 1. The van der Waals surface area contributed by atoms with Crippen LogP contribution in [0.15, 0.2) is 40.2 Å². The van der Waals surface area contributed by atoms with Crippen molar-refractivity contribution >= 4 is 41.7 Å². The molecule has 3 nitrogen and oxygen atoms in total. The van der Waals surface area contributed by atoms with Crippen molar-refractivity contribution in [3.63, 3.8) is 0 Å². The van der Waals surface area contributed by atoms with Crippen molar-refractivity contribution in [3.8, 4) is 0 Å². The Bertz CT molecular complexity index is 484. The fraction of sp³-hybridized carbons (Fsp3) is 0.588. The molecule has 0 amide bonds. The molecule has 5 heteroatoms. The van der Waals surface area contributed by atoms with E-state index in [1.165, 1.54) is 30.6 Å². The van der Waals surface area contributed by atoms with Gasteiger partial charge in [-0.3, -0.25) is 4.99 Å². The van der Waals surface area contributed by atoms with Gasteiger partial charge in [0.2, 0.25) is 0 Å². The molecule has 1 aromatic carbocycles. The monoisotopic (exact) mass is 431 g/mol. The number of rotatable bonds is 7. The van der Waals surface area contributed by atoms with Crippen LogP contribution >= 0.6 is 35.7 Å². The quantitative estimate of drug-likeness (QED) is 0.391. The van der Waals surface area contributed by atoms with E-state index in [0.717, 1.165) is 31.5 Å². The summed E-state index contributed by atoms with van der Waals surface area (Å²) in [5.74, 6) is 1.87. The summed E-state index contributed by atoms with van der Waals surface area (Å²) in [6, 6.07) is 10.7. The van der Waals surface area contributed by atoms with E-state index in [1.807, 2.05) is 11.8 Å². The highest BCUT2D eigenvalue weighted by molar-refractivity contribution is 14.0. The summed E-state index contributed by atoms with van der Waals surface area (Å²) >= 11 is 1.99. The number of guanidine groups is 1. The molecular formula is C17H26IN3S. The Morgan fingerprint density at radius 2 is 1.95 bits per heavy atom. The van der Waals surface area contributed by atoms with Gasteiger partial charge in [-0.2, -0.15) is 0 Å². The molecule has 1 aromatic rings. The first-order valence-electron chi connectivity index (χ1n) is 8.06. The van der Waals surface area contributed by atoms with Crippen LogP contribution in [0.3, 0.4) is 0 Å². The molecular weight excluding hydrogens is 405 g/mol. The summed E-state index contributed by atoms with van der Waals surface area (Å²) in [5.41, 5.74) is 0. The van der Waals surface area contributed by atoms with Gasteiger partial charge >= 0.3 is 0 Å². The summed E-state index contributed by atoms with van der Waals surface area (Å²) < 4.78 is 0.337. The highest BCUT2D eigenvalue weighted by atomic mass is 127.